The van der Waals surface area contributed by atoms with Crippen LogP contribution in [0.2, 0.25) is 0 Å². The van der Waals surface area contributed by atoms with Crippen LogP contribution in [0.5, 0.6) is 0 Å². The number of carbonyl (C=O) groups is 1. The van der Waals surface area contributed by atoms with E-state index < -0.39 is 0 Å². The van der Waals surface area contributed by atoms with Crippen LogP contribution in [-0.2, 0) is 14.9 Å². The summed E-state index contributed by atoms with van der Waals surface area (Å²) in [6, 6.07) is 6.00. The number of halogens is 1. The number of ether oxygens (including phenoxy) is 2. The summed E-state index contributed by atoms with van der Waals surface area (Å²) >= 11 is 0. The zero-order valence-corrected chi connectivity index (χ0v) is 18.4. The fraction of sp³-hybridized carbons (Fsp3) is 0.708. The summed E-state index contributed by atoms with van der Waals surface area (Å²) in [4.78, 5) is 17.2. The molecule has 3 aliphatic heterocycles. The maximum Gasteiger partial charge on any atom is 0.410 e. The molecule has 5 rings (SSSR count). The molecule has 3 unspecified atom stereocenters. The largest absolute Gasteiger partial charge is 0.447 e. The molecule has 1 aromatic carbocycles. The molecule has 1 spiro atoms. The molecule has 1 N–H and O–H groups in total. The highest BCUT2D eigenvalue weighted by Crippen LogP contribution is 2.46. The van der Waals surface area contributed by atoms with Gasteiger partial charge in [-0.15, -0.1) is 0 Å². The highest BCUT2D eigenvalue weighted by Gasteiger charge is 2.47. The van der Waals surface area contributed by atoms with E-state index >= 15 is 0 Å². The quantitative estimate of drug-likeness (QED) is 0.738. The average molecular weight is 432 g/mol. The van der Waals surface area contributed by atoms with E-state index in [4.69, 9.17) is 9.47 Å². The Morgan fingerprint density at radius 2 is 2.06 bits per heavy atom. The lowest BCUT2D eigenvalue weighted by atomic mass is 9.74. The average Bonchev–Trinajstić information content (AvgIpc) is 3.36. The number of rotatable bonds is 4. The summed E-state index contributed by atoms with van der Waals surface area (Å²) in [5, 5.41) is 3.50. The van der Waals surface area contributed by atoms with Crippen LogP contribution in [0.3, 0.4) is 0 Å². The summed E-state index contributed by atoms with van der Waals surface area (Å²) in [5.41, 5.74) is 2.33. The standard InChI is InChI=1S/C24H34FN3O3/c1-30-11-12-31-23(29)28-8-2-3-17-13-19(15-22(17)28)27-9-6-24(7-10-27)16-26-21-5-4-18(25)14-20(21)24/h4-5,14,17,19,22,26H,2-3,6-13,15-16H2,1H3. The maximum atomic E-state index is 13.9. The number of amides is 1. The van der Waals surface area contributed by atoms with Crippen molar-refractivity contribution in [2.45, 2.75) is 56.0 Å². The zero-order chi connectivity index (χ0) is 21.4. The van der Waals surface area contributed by atoms with Gasteiger partial charge in [-0.05, 0) is 81.3 Å². The lowest BCUT2D eigenvalue weighted by Crippen LogP contribution is -2.48. The van der Waals surface area contributed by atoms with Crippen LogP contribution < -0.4 is 5.32 Å². The Labute approximate surface area is 184 Å². The lowest BCUT2D eigenvalue weighted by Gasteiger charge is -2.42. The van der Waals surface area contributed by atoms with Gasteiger partial charge in [-0.3, -0.25) is 0 Å². The SMILES string of the molecule is COCCOC(=O)N1CCCC2CC(N3CCC4(CC3)CNc3ccc(F)cc34)CC21. The van der Waals surface area contributed by atoms with Gasteiger partial charge in [0, 0.05) is 43.4 Å². The van der Waals surface area contributed by atoms with Gasteiger partial charge in [0.2, 0.25) is 0 Å². The monoisotopic (exact) mass is 431 g/mol. The third kappa shape index (κ3) is 3.91. The molecule has 1 amide bonds. The molecule has 2 saturated heterocycles. The fourth-order valence-electron chi connectivity index (χ4n) is 6.51. The van der Waals surface area contributed by atoms with E-state index in [2.05, 4.69) is 10.2 Å². The lowest BCUT2D eigenvalue weighted by molar-refractivity contribution is 0.0436. The van der Waals surface area contributed by atoms with Crippen molar-refractivity contribution in [3.63, 3.8) is 0 Å². The first kappa shape index (κ1) is 21.0. The second kappa shape index (κ2) is 8.58. The van der Waals surface area contributed by atoms with Crippen LogP contribution in [0.25, 0.3) is 0 Å². The minimum atomic E-state index is -0.180. The van der Waals surface area contributed by atoms with Crippen molar-refractivity contribution in [3.05, 3.63) is 29.6 Å². The van der Waals surface area contributed by atoms with Crippen LogP contribution in [0.1, 0.15) is 44.1 Å². The predicted molar refractivity (Wildman–Crippen MR) is 117 cm³/mol. The molecule has 1 saturated carbocycles. The zero-order valence-electron chi connectivity index (χ0n) is 18.4. The minimum Gasteiger partial charge on any atom is -0.447 e. The molecular weight excluding hydrogens is 397 g/mol. The van der Waals surface area contributed by atoms with Crippen molar-refractivity contribution in [1.29, 1.82) is 0 Å². The third-order valence-electron chi connectivity index (χ3n) is 8.20. The van der Waals surface area contributed by atoms with Crippen molar-refractivity contribution in [1.82, 2.24) is 9.80 Å². The normalized spacial score (nSPS) is 29.5. The first-order valence-electron chi connectivity index (χ1n) is 11.8. The molecule has 3 atom stereocenters. The Morgan fingerprint density at radius 3 is 2.87 bits per heavy atom. The van der Waals surface area contributed by atoms with Crippen LogP contribution >= 0.6 is 0 Å². The summed E-state index contributed by atoms with van der Waals surface area (Å²) < 4.78 is 24.3. The summed E-state index contributed by atoms with van der Waals surface area (Å²) in [6.45, 7) is 4.55. The summed E-state index contributed by atoms with van der Waals surface area (Å²) in [6.07, 6.45) is 6.42. The van der Waals surface area contributed by atoms with Gasteiger partial charge in [0.1, 0.15) is 12.4 Å². The van der Waals surface area contributed by atoms with Gasteiger partial charge in [0.25, 0.3) is 0 Å². The number of benzene rings is 1. The fourth-order valence-corrected chi connectivity index (χ4v) is 6.51. The van der Waals surface area contributed by atoms with Gasteiger partial charge >= 0.3 is 6.09 Å². The van der Waals surface area contributed by atoms with Crippen LogP contribution in [0, 0.1) is 11.7 Å². The Kier molecular flexibility index (Phi) is 5.82. The molecule has 7 heteroatoms. The van der Waals surface area contributed by atoms with Gasteiger partial charge in [0.05, 0.1) is 6.61 Å². The molecule has 1 aromatic rings. The molecule has 0 bridgehead atoms. The summed E-state index contributed by atoms with van der Waals surface area (Å²) in [5.74, 6) is 0.439. The Hall–Kier alpha value is -1.86. The van der Waals surface area contributed by atoms with Crippen LogP contribution in [-0.4, -0.2) is 74.5 Å². The van der Waals surface area contributed by atoms with Crippen molar-refractivity contribution >= 4 is 11.8 Å². The number of fused-ring (bicyclic) bond motifs is 3. The number of nitrogens with zero attached hydrogens (tertiary/aromatic N) is 2. The number of hydrogen-bond donors (Lipinski definition) is 1. The van der Waals surface area contributed by atoms with E-state index in [1.165, 1.54) is 12.8 Å². The van der Waals surface area contributed by atoms with E-state index in [1.807, 2.05) is 11.0 Å². The number of anilines is 1. The maximum absolute atomic E-state index is 13.9. The predicted octanol–water partition coefficient (Wildman–Crippen LogP) is 3.61. The smallest absolute Gasteiger partial charge is 0.410 e. The van der Waals surface area contributed by atoms with E-state index in [0.29, 0.717) is 31.2 Å². The molecule has 1 aliphatic carbocycles. The second-order valence-electron chi connectivity index (χ2n) is 9.76. The molecule has 170 valence electrons. The van der Waals surface area contributed by atoms with Gasteiger partial charge in [-0.2, -0.15) is 0 Å². The number of hydrogen-bond acceptors (Lipinski definition) is 5. The Bertz CT molecular complexity index is 811. The molecule has 3 heterocycles. The van der Waals surface area contributed by atoms with Gasteiger partial charge in [-0.25, -0.2) is 9.18 Å². The Morgan fingerprint density at radius 1 is 1.23 bits per heavy atom. The van der Waals surface area contributed by atoms with Gasteiger partial charge in [-0.1, -0.05) is 0 Å². The molecule has 0 aromatic heterocycles. The van der Waals surface area contributed by atoms with E-state index in [-0.39, 0.29) is 17.3 Å². The number of carbonyl (C=O) groups excluding carboxylic acids is 1. The van der Waals surface area contributed by atoms with E-state index in [0.717, 1.165) is 63.1 Å². The molecule has 3 fully saturated rings. The molecule has 0 radical (unpaired) electrons. The topological polar surface area (TPSA) is 54.0 Å². The number of nitrogens with one attached hydrogen (secondary N) is 1. The number of methoxy groups -OCH3 is 1. The Balaban J connectivity index is 1.21. The van der Waals surface area contributed by atoms with Crippen molar-refractivity contribution in [2.24, 2.45) is 5.92 Å². The second-order valence-corrected chi connectivity index (χ2v) is 9.76. The van der Waals surface area contributed by atoms with Crippen LogP contribution in [0.4, 0.5) is 14.9 Å². The number of likely N-dealkylation sites (tertiary alicyclic amines) is 2. The van der Waals surface area contributed by atoms with E-state index in [9.17, 15) is 9.18 Å². The van der Waals surface area contributed by atoms with Crippen LogP contribution in [0.15, 0.2) is 18.2 Å². The van der Waals surface area contributed by atoms with Crippen molar-refractivity contribution in [3.8, 4) is 0 Å². The molecule has 4 aliphatic rings. The van der Waals surface area contributed by atoms with Gasteiger partial charge in [0.15, 0.2) is 0 Å². The third-order valence-corrected chi connectivity index (χ3v) is 8.20. The highest BCUT2D eigenvalue weighted by atomic mass is 19.1. The van der Waals surface area contributed by atoms with Crippen molar-refractivity contribution < 1.29 is 18.7 Å². The summed E-state index contributed by atoms with van der Waals surface area (Å²) in [7, 11) is 1.62. The first-order chi connectivity index (χ1) is 15.1. The minimum absolute atomic E-state index is 0.0660. The van der Waals surface area contributed by atoms with E-state index in [1.54, 1.807) is 19.2 Å². The molecule has 6 nitrogen and oxygen atoms in total. The number of piperidine rings is 2. The molecular formula is C24H34FN3O3. The molecule has 31 heavy (non-hydrogen) atoms. The van der Waals surface area contributed by atoms with Gasteiger partial charge < -0.3 is 24.6 Å². The highest BCUT2D eigenvalue weighted by molar-refractivity contribution is 5.68. The first-order valence-corrected chi connectivity index (χ1v) is 11.8. The van der Waals surface area contributed by atoms with Crippen molar-refractivity contribution in [2.75, 3.05) is 51.8 Å².